The van der Waals surface area contributed by atoms with Crippen LogP contribution in [0, 0.1) is 13.8 Å². The molecule has 0 N–H and O–H groups in total. The molecule has 0 aliphatic heterocycles. The second kappa shape index (κ2) is 8.32. The van der Waals surface area contributed by atoms with E-state index in [2.05, 4.69) is 4.99 Å². The highest BCUT2D eigenvalue weighted by Crippen LogP contribution is 2.20. The maximum Gasteiger partial charge on any atom is 0.263 e. The molecule has 27 heavy (non-hydrogen) atoms. The molecule has 0 aliphatic carbocycles. The van der Waals surface area contributed by atoms with E-state index in [-0.39, 0.29) is 5.91 Å². The van der Waals surface area contributed by atoms with Gasteiger partial charge in [0.25, 0.3) is 5.91 Å². The molecule has 4 nitrogen and oxygen atoms in total. The molecule has 0 fully saturated rings. The summed E-state index contributed by atoms with van der Waals surface area (Å²) in [5.74, 6) is 0.555. The Kier molecular flexibility index (Phi) is 5.67. The lowest BCUT2D eigenvalue weighted by Gasteiger charge is -2.18. The van der Waals surface area contributed by atoms with Crippen molar-refractivity contribution in [2.75, 3.05) is 12.0 Å². The van der Waals surface area contributed by atoms with Crippen LogP contribution >= 0.6 is 0 Å². The molecule has 0 saturated heterocycles. The lowest BCUT2D eigenvalue weighted by molar-refractivity contribution is 0.100. The summed E-state index contributed by atoms with van der Waals surface area (Å²) in [5, 5.41) is 0. The first-order valence-corrected chi connectivity index (χ1v) is 8.72. The van der Waals surface area contributed by atoms with Gasteiger partial charge in [0, 0.05) is 5.56 Å². The van der Waals surface area contributed by atoms with E-state index in [0.717, 1.165) is 16.9 Å². The largest absolute Gasteiger partial charge is 0.497 e. The van der Waals surface area contributed by atoms with Crippen LogP contribution in [-0.4, -0.2) is 19.4 Å². The molecule has 0 saturated carbocycles. The van der Waals surface area contributed by atoms with Crippen LogP contribution in [0.25, 0.3) is 0 Å². The number of methoxy groups -OCH3 is 1. The lowest BCUT2D eigenvalue weighted by Crippen LogP contribution is -2.29. The predicted octanol–water partition coefficient (Wildman–Crippen LogP) is 5.32. The molecule has 0 aliphatic rings. The lowest BCUT2D eigenvalue weighted by atomic mass is 10.1. The normalized spacial score (nSPS) is 10.8. The number of aryl methyl sites for hydroxylation is 2. The first kappa shape index (κ1) is 18.4. The quantitative estimate of drug-likeness (QED) is 0.458. The first-order chi connectivity index (χ1) is 13.1. The molecule has 0 radical (unpaired) electrons. The second-order valence-corrected chi connectivity index (χ2v) is 6.32. The Hall–Kier alpha value is -3.40. The van der Waals surface area contributed by atoms with Crippen molar-refractivity contribution < 1.29 is 9.53 Å². The molecule has 0 spiro atoms. The molecule has 0 aromatic heterocycles. The van der Waals surface area contributed by atoms with E-state index >= 15 is 0 Å². The summed E-state index contributed by atoms with van der Waals surface area (Å²) in [5.41, 5.74) is 4.41. The zero-order valence-electron chi connectivity index (χ0n) is 15.7. The van der Waals surface area contributed by atoms with Crippen molar-refractivity contribution >= 4 is 23.6 Å². The van der Waals surface area contributed by atoms with Gasteiger partial charge in [-0.05, 0) is 62.4 Å². The van der Waals surface area contributed by atoms with E-state index in [1.54, 1.807) is 42.6 Å². The van der Waals surface area contributed by atoms with Gasteiger partial charge in [0.1, 0.15) is 12.1 Å². The molecule has 0 atom stereocenters. The summed E-state index contributed by atoms with van der Waals surface area (Å²) in [7, 11) is 1.60. The fraction of sp³-hybridized carbons (Fsp3) is 0.130. The Morgan fingerprint density at radius 2 is 1.41 bits per heavy atom. The molecule has 4 heteroatoms. The van der Waals surface area contributed by atoms with Crippen molar-refractivity contribution in [3.63, 3.8) is 0 Å². The van der Waals surface area contributed by atoms with Crippen molar-refractivity contribution in [3.8, 4) is 5.75 Å². The summed E-state index contributed by atoms with van der Waals surface area (Å²) in [6.07, 6.45) is 1.57. The van der Waals surface area contributed by atoms with Crippen molar-refractivity contribution in [2.45, 2.75) is 13.8 Å². The zero-order valence-corrected chi connectivity index (χ0v) is 15.7. The SMILES string of the molecule is COc1ccc(C(=O)N(C=Nc2ccc(C)cc2)c2ccc(C)cc2)cc1. The van der Waals surface area contributed by atoms with Crippen LogP contribution in [0.3, 0.4) is 0 Å². The predicted molar refractivity (Wildman–Crippen MR) is 110 cm³/mol. The van der Waals surface area contributed by atoms with E-state index in [9.17, 15) is 4.79 Å². The molecule has 3 rings (SSSR count). The van der Waals surface area contributed by atoms with Crippen LogP contribution in [0.2, 0.25) is 0 Å². The molecule has 3 aromatic carbocycles. The maximum atomic E-state index is 13.1. The highest BCUT2D eigenvalue weighted by atomic mass is 16.5. The number of amides is 1. The van der Waals surface area contributed by atoms with Crippen molar-refractivity contribution in [3.05, 3.63) is 89.5 Å². The third-order valence-electron chi connectivity index (χ3n) is 4.22. The van der Waals surface area contributed by atoms with Gasteiger partial charge in [-0.1, -0.05) is 35.4 Å². The van der Waals surface area contributed by atoms with E-state index in [1.807, 2.05) is 62.4 Å². The van der Waals surface area contributed by atoms with Crippen LogP contribution in [0.1, 0.15) is 21.5 Å². The third-order valence-corrected chi connectivity index (χ3v) is 4.22. The Labute approximate surface area is 159 Å². The van der Waals surface area contributed by atoms with Crippen LogP contribution in [-0.2, 0) is 0 Å². The topological polar surface area (TPSA) is 41.9 Å². The van der Waals surface area contributed by atoms with Crippen LogP contribution in [0.15, 0.2) is 77.8 Å². The minimum Gasteiger partial charge on any atom is -0.497 e. The smallest absolute Gasteiger partial charge is 0.263 e. The Balaban J connectivity index is 1.94. The number of hydrogen-bond acceptors (Lipinski definition) is 3. The van der Waals surface area contributed by atoms with Crippen LogP contribution < -0.4 is 9.64 Å². The zero-order chi connectivity index (χ0) is 19.2. The van der Waals surface area contributed by atoms with Crippen LogP contribution in [0.5, 0.6) is 5.75 Å². The molecule has 136 valence electrons. The summed E-state index contributed by atoms with van der Waals surface area (Å²) in [6.45, 7) is 4.04. The number of rotatable bonds is 5. The van der Waals surface area contributed by atoms with Gasteiger partial charge in [-0.15, -0.1) is 0 Å². The molecule has 0 unspecified atom stereocenters. The number of carbonyl (C=O) groups excluding carboxylic acids is 1. The molecule has 0 bridgehead atoms. The van der Waals surface area contributed by atoms with Crippen LogP contribution in [0.4, 0.5) is 11.4 Å². The molecule has 0 heterocycles. The van der Waals surface area contributed by atoms with Gasteiger partial charge in [-0.25, -0.2) is 4.99 Å². The minimum absolute atomic E-state index is 0.155. The minimum atomic E-state index is -0.155. The second-order valence-electron chi connectivity index (χ2n) is 6.32. The van der Waals surface area contributed by atoms with Crippen molar-refractivity contribution in [2.24, 2.45) is 4.99 Å². The molecular formula is C23H22N2O2. The molecule has 3 aromatic rings. The summed E-state index contributed by atoms with van der Waals surface area (Å²) >= 11 is 0. The third kappa shape index (κ3) is 4.61. The summed E-state index contributed by atoms with van der Waals surface area (Å²) in [6, 6.07) is 22.7. The summed E-state index contributed by atoms with van der Waals surface area (Å²) in [4.78, 5) is 19.1. The van der Waals surface area contributed by atoms with Gasteiger partial charge < -0.3 is 4.74 Å². The summed E-state index contributed by atoms with van der Waals surface area (Å²) < 4.78 is 5.17. The highest BCUT2D eigenvalue weighted by Gasteiger charge is 2.16. The Morgan fingerprint density at radius 3 is 1.96 bits per heavy atom. The fourth-order valence-corrected chi connectivity index (χ4v) is 2.57. The number of anilines is 1. The van der Waals surface area contributed by atoms with Gasteiger partial charge in [0.05, 0.1) is 18.5 Å². The first-order valence-electron chi connectivity index (χ1n) is 8.72. The average molecular weight is 358 g/mol. The monoisotopic (exact) mass is 358 g/mol. The van der Waals surface area contributed by atoms with Gasteiger partial charge in [-0.2, -0.15) is 0 Å². The van der Waals surface area contributed by atoms with E-state index in [4.69, 9.17) is 4.74 Å². The van der Waals surface area contributed by atoms with Gasteiger partial charge in [0.2, 0.25) is 0 Å². The maximum absolute atomic E-state index is 13.1. The van der Waals surface area contributed by atoms with E-state index in [0.29, 0.717) is 11.3 Å². The number of carbonyl (C=O) groups is 1. The number of benzene rings is 3. The van der Waals surface area contributed by atoms with E-state index in [1.165, 1.54) is 5.56 Å². The number of ether oxygens (including phenoxy) is 1. The van der Waals surface area contributed by atoms with Crippen molar-refractivity contribution in [1.29, 1.82) is 0 Å². The average Bonchev–Trinajstić information content (AvgIpc) is 2.70. The molecule has 1 amide bonds. The van der Waals surface area contributed by atoms with E-state index < -0.39 is 0 Å². The number of hydrogen-bond donors (Lipinski definition) is 0. The Morgan fingerprint density at radius 1 is 0.852 bits per heavy atom. The van der Waals surface area contributed by atoms with Gasteiger partial charge in [-0.3, -0.25) is 9.69 Å². The number of nitrogens with zero attached hydrogens (tertiary/aromatic N) is 2. The van der Waals surface area contributed by atoms with Gasteiger partial charge >= 0.3 is 0 Å². The van der Waals surface area contributed by atoms with Gasteiger partial charge in [0.15, 0.2) is 0 Å². The molecular weight excluding hydrogens is 336 g/mol. The highest BCUT2D eigenvalue weighted by molar-refractivity contribution is 6.16. The Bertz CT molecular complexity index is 928. The van der Waals surface area contributed by atoms with Crippen molar-refractivity contribution in [1.82, 2.24) is 0 Å². The number of aliphatic imine (C=N–C) groups is 1. The standard InChI is InChI=1S/C23H22N2O2/c1-17-4-10-20(11-5-17)24-16-25(21-12-6-18(2)7-13-21)23(26)19-8-14-22(27-3)15-9-19/h4-16H,1-3H3. The fourth-order valence-electron chi connectivity index (χ4n) is 2.57.